The fourth-order valence-electron chi connectivity index (χ4n) is 1.40. The van der Waals surface area contributed by atoms with Crippen molar-refractivity contribution in [1.82, 2.24) is 0 Å². The number of hydrogen-bond donors (Lipinski definition) is 0. The topological polar surface area (TPSA) is 9.23 Å². The highest BCUT2D eigenvalue weighted by Crippen LogP contribution is 2.16. The summed E-state index contributed by atoms with van der Waals surface area (Å²) < 4.78 is 18.7. The highest BCUT2D eigenvalue weighted by Gasteiger charge is 2.00. The van der Waals surface area contributed by atoms with E-state index >= 15 is 0 Å². The van der Waals surface area contributed by atoms with E-state index in [-0.39, 0.29) is 11.7 Å². The second-order valence-corrected chi connectivity index (χ2v) is 3.93. The van der Waals surface area contributed by atoms with E-state index in [1.54, 1.807) is 6.07 Å². The molecule has 0 N–H and O–H groups in total. The van der Waals surface area contributed by atoms with Gasteiger partial charge >= 0.3 is 0 Å². The maximum absolute atomic E-state index is 13.2. The molecule has 0 atom stereocenters. The predicted molar refractivity (Wildman–Crippen MR) is 69.0 cm³/mol. The van der Waals surface area contributed by atoms with Gasteiger partial charge in [-0.2, -0.15) is 0 Å². The quantitative estimate of drug-likeness (QED) is 0.439. The van der Waals surface area contributed by atoms with Crippen LogP contribution in [0.15, 0.2) is 18.2 Å². The standard InChI is InChI=1S/C14H16ClFO/c1-2-3-4-8-17-14-10-12(6-5-7-15)9-13(16)11-14/h9-11H,2-4,7-8H2,1H3. The van der Waals surface area contributed by atoms with Gasteiger partial charge in [-0.1, -0.05) is 31.6 Å². The lowest BCUT2D eigenvalue weighted by Gasteiger charge is -2.06. The molecule has 0 radical (unpaired) electrons. The highest BCUT2D eigenvalue weighted by atomic mass is 35.5. The Kier molecular flexibility index (Phi) is 6.50. The molecule has 92 valence electrons. The normalized spacial score (nSPS) is 9.59. The largest absolute Gasteiger partial charge is 0.493 e. The lowest BCUT2D eigenvalue weighted by atomic mass is 10.2. The number of unbranched alkanes of at least 4 members (excludes halogenated alkanes) is 2. The van der Waals surface area contributed by atoms with E-state index in [9.17, 15) is 4.39 Å². The maximum atomic E-state index is 13.2. The molecule has 0 spiro atoms. The van der Waals surface area contributed by atoms with Crippen LogP contribution in [-0.2, 0) is 0 Å². The number of halogens is 2. The van der Waals surface area contributed by atoms with Gasteiger partial charge in [0.25, 0.3) is 0 Å². The van der Waals surface area contributed by atoms with Crippen LogP contribution < -0.4 is 4.74 Å². The Morgan fingerprint density at radius 2 is 2.12 bits per heavy atom. The summed E-state index contributed by atoms with van der Waals surface area (Å²) in [7, 11) is 0. The number of ether oxygens (including phenoxy) is 1. The van der Waals surface area contributed by atoms with Crippen molar-refractivity contribution in [2.45, 2.75) is 26.2 Å². The van der Waals surface area contributed by atoms with Gasteiger partial charge in [-0.25, -0.2) is 4.39 Å². The first-order valence-corrected chi connectivity index (χ1v) is 6.28. The zero-order chi connectivity index (χ0) is 12.5. The van der Waals surface area contributed by atoms with Crippen molar-refractivity contribution in [3.8, 4) is 17.6 Å². The molecule has 0 aliphatic rings. The van der Waals surface area contributed by atoms with E-state index in [1.165, 1.54) is 12.1 Å². The SMILES string of the molecule is CCCCCOc1cc(F)cc(C#CCCl)c1. The van der Waals surface area contributed by atoms with Gasteiger partial charge in [-0.3, -0.25) is 0 Å². The monoisotopic (exact) mass is 254 g/mol. The van der Waals surface area contributed by atoms with Crippen molar-refractivity contribution in [3.05, 3.63) is 29.6 Å². The molecule has 1 rings (SSSR count). The van der Waals surface area contributed by atoms with Crippen LogP contribution in [0.5, 0.6) is 5.75 Å². The van der Waals surface area contributed by atoms with Crippen LogP contribution in [0.2, 0.25) is 0 Å². The summed E-state index contributed by atoms with van der Waals surface area (Å²) in [5.41, 5.74) is 0.594. The molecule has 0 heterocycles. The van der Waals surface area contributed by atoms with Gasteiger partial charge in [0.2, 0.25) is 0 Å². The van der Waals surface area contributed by atoms with Gasteiger partial charge in [0.15, 0.2) is 0 Å². The summed E-state index contributed by atoms with van der Waals surface area (Å²) in [6.07, 6.45) is 3.24. The highest BCUT2D eigenvalue weighted by molar-refractivity contribution is 6.19. The van der Waals surface area contributed by atoms with Crippen molar-refractivity contribution in [2.24, 2.45) is 0 Å². The average molecular weight is 255 g/mol. The molecule has 0 aliphatic carbocycles. The molecule has 0 unspecified atom stereocenters. The Morgan fingerprint density at radius 1 is 1.29 bits per heavy atom. The lowest BCUT2D eigenvalue weighted by molar-refractivity contribution is 0.304. The molecule has 1 nitrogen and oxygen atoms in total. The molecule has 0 aromatic heterocycles. The molecule has 0 saturated heterocycles. The van der Waals surface area contributed by atoms with Gasteiger partial charge in [0, 0.05) is 11.6 Å². The third-order valence-electron chi connectivity index (χ3n) is 2.19. The summed E-state index contributed by atoms with van der Waals surface area (Å²) in [5, 5.41) is 0. The Morgan fingerprint density at radius 3 is 2.82 bits per heavy atom. The second kappa shape index (κ2) is 7.97. The lowest BCUT2D eigenvalue weighted by Crippen LogP contribution is -1.97. The summed E-state index contributed by atoms with van der Waals surface area (Å²) in [6, 6.07) is 4.48. The minimum absolute atomic E-state index is 0.239. The van der Waals surface area contributed by atoms with Gasteiger partial charge in [-0.15, -0.1) is 11.6 Å². The van der Waals surface area contributed by atoms with Crippen molar-refractivity contribution in [1.29, 1.82) is 0 Å². The summed E-state index contributed by atoms with van der Waals surface area (Å²) in [4.78, 5) is 0. The molecule has 3 heteroatoms. The van der Waals surface area contributed by atoms with Crippen molar-refractivity contribution >= 4 is 11.6 Å². The molecular formula is C14H16ClFO. The number of alkyl halides is 1. The van der Waals surface area contributed by atoms with Gasteiger partial charge in [0.1, 0.15) is 11.6 Å². The minimum atomic E-state index is -0.336. The molecule has 1 aromatic carbocycles. The van der Waals surface area contributed by atoms with Gasteiger partial charge in [0.05, 0.1) is 12.5 Å². The zero-order valence-corrected chi connectivity index (χ0v) is 10.7. The Labute approximate surface area is 107 Å². The first-order chi connectivity index (χ1) is 8.26. The maximum Gasteiger partial charge on any atom is 0.128 e. The van der Waals surface area contributed by atoms with Gasteiger partial charge in [-0.05, 0) is 18.6 Å². The summed E-state index contributed by atoms with van der Waals surface area (Å²) in [6.45, 7) is 2.74. The van der Waals surface area contributed by atoms with E-state index in [0.29, 0.717) is 17.9 Å². The van der Waals surface area contributed by atoms with Crippen LogP contribution in [-0.4, -0.2) is 12.5 Å². The molecule has 1 aromatic rings. The average Bonchev–Trinajstić information content (AvgIpc) is 2.31. The predicted octanol–water partition coefficient (Wildman–Crippen LogP) is 3.99. The fourth-order valence-corrected chi connectivity index (χ4v) is 1.46. The number of benzene rings is 1. The smallest absolute Gasteiger partial charge is 0.128 e. The second-order valence-electron chi connectivity index (χ2n) is 3.67. The van der Waals surface area contributed by atoms with Crippen LogP contribution in [0.4, 0.5) is 4.39 Å². The number of hydrogen-bond acceptors (Lipinski definition) is 1. The minimum Gasteiger partial charge on any atom is -0.493 e. The van der Waals surface area contributed by atoms with Crippen LogP contribution in [0.3, 0.4) is 0 Å². The van der Waals surface area contributed by atoms with Crippen LogP contribution in [0.1, 0.15) is 31.7 Å². The third kappa shape index (κ3) is 5.60. The molecule has 17 heavy (non-hydrogen) atoms. The van der Waals surface area contributed by atoms with Crippen molar-refractivity contribution in [3.63, 3.8) is 0 Å². The zero-order valence-electron chi connectivity index (χ0n) is 9.93. The third-order valence-corrected chi connectivity index (χ3v) is 2.32. The van der Waals surface area contributed by atoms with Crippen molar-refractivity contribution < 1.29 is 9.13 Å². The van der Waals surface area contributed by atoms with Crippen LogP contribution in [0, 0.1) is 17.7 Å². The van der Waals surface area contributed by atoms with Crippen molar-refractivity contribution in [2.75, 3.05) is 12.5 Å². The molecule has 0 saturated carbocycles. The van der Waals surface area contributed by atoms with E-state index < -0.39 is 0 Å². The van der Waals surface area contributed by atoms with E-state index in [4.69, 9.17) is 16.3 Å². The molecule has 0 bridgehead atoms. The first-order valence-electron chi connectivity index (χ1n) is 5.74. The number of rotatable bonds is 5. The van der Waals surface area contributed by atoms with Crippen LogP contribution in [0.25, 0.3) is 0 Å². The summed E-state index contributed by atoms with van der Waals surface area (Å²) in [5.74, 6) is 5.89. The Balaban J connectivity index is 2.62. The Hall–Kier alpha value is -1.20. The Bertz CT molecular complexity index is 406. The first kappa shape index (κ1) is 13.9. The molecular weight excluding hydrogens is 239 g/mol. The van der Waals surface area contributed by atoms with Gasteiger partial charge < -0.3 is 4.74 Å². The fraction of sp³-hybridized carbons (Fsp3) is 0.429. The van der Waals surface area contributed by atoms with E-state index in [1.807, 2.05) is 0 Å². The molecule has 0 aliphatic heterocycles. The summed E-state index contributed by atoms with van der Waals surface area (Å²) >= 11 is 5.45. The van der Waals surface area contributed by atoms with E-state index in [2.05, 4.69) is 18.8 Å². The van der Waals surface area contributed by atoms with Crippen LogP contribution >= 0.6 is 11.6 Å². The molecule has 0 amide bonds. The molecule has 0 fully saturated rings. The van der Waals surface area contributed by atoms with E-state index in [0.717, 1.165) is 19.3 Å².